The molecule has 1 unspecified atom stereocenters. The number of hydrogen-bond acceptors (Lipinski definition) is 3. The molecule has 0 spiro atoms. The fourth-order valence-electron chi connectivity index (χ4n) is 1.22. The third-order valence-electron chi connectivity index (χ3n) is 1.92. The molecule has 3 nitrogen and oxygen atoms in total. The highest BCUT2D eigenvalue weighted by Crippen LogP contribution is 2.21. The highest BCUT2D eigenvalue weighted by molar-refractivity contribution is 7.79. The Morgan fingerprint density at radius 3 is 2.83 bits per heavy atom. The average molecular weight is 287 g/mol. The predicted molar refractivity (Wildman–Crippen MR) is 70.7 cm³/mol. The summed E-state index contributed by atoms with van der Waals surface area (Å²) < 4.78 is 32.2. The van der Waals surface area contributed by atoms with Crippen LogP contribution in [0.5, 0.6) is 0 Å². The number of rotatable bonds is 2. The van der Waals surface area contributed by atoms with Gasteiger partial charge >= 0.3 is 0 Å². The van der Waals surface area contributed by atoms with Crippen LogP contribution in [0, 0.1) is 5.82 Å². The van der Waals surface area contributed by atoms with E-state index in [9.17, 15) is 13.2 Å². The fourth-order valence-corrected chi connectivity index (χ4v) is 1.62. The molecule has 2 aromatic rings. The fraction of sp³-hybridized carbons (Fsp3) is 0.0833. The second kappa shape index (κ2) is 7.20. The Balaban J connectivity index is 0.000000232. The topological polar surface area (TPSA) is 53.0 Å². The van der Waals surface area contributed by atoms with E-state index in [1.54, 1.807) is 18.3 Å². The van der Waals surface area contributed by atoms with Gasteiger partial charge in [-0.05, 0) is 23.6 Å². The summed E-state index contributed by atoms with van der Waals surface area (Å²) in [5.41, 5.74) is 0. The molecule has 0 N–H and O–H groups in total. The highest BCUT2D eigenvalue weighted by Gasteiger charge is 2.01. The standard InChI is InChI=1S/C9H5ClFN.C3H6O2S/c10-7-3-6-1-2-12-5-8(6)9(11)4-7;1-2-3-6(4)5/h1-5H;2H,1,3H2,(H,4,5)/p-1. The second-order valence-corrected chi connectivity index (χ2v) is 4.62. The number of pyridine rings is 1. The monoisotopic (exact) mass is 286 g/mol. The van der Waals surface area contributed by atoms with Gasteiger partial charge in [0.2, 0.25) is 0 Å². The van der Waals surface area contributed by atoms with Gasteiger partial charge in [0, 0.05) is 28.6 Å². The molecule has 1 aromatic heterocycles. The maximum Gasteiger partial charge on any atom is 0.134 e. The summed E-state index contributed by atoms with van der Waals surface area (Å²) in [6.45, 7) is 3.21. The van der Waals surface area contributed by atoms with E-state index in [1.807, 2.05) is 0 Å². The summed E-state index contributed by atoms with van der Waals surface area (Å²) in [6, 6.07) is 4.72. The van der Waals surface area contributed by atoms with Crippen molar-refractivity contribution in [2.75, 3.05) is 5.75 Å². The van der Waals surface area contributed by atoms with E-state index < -0.39 is 11.1 Å². The van der Waals surface area contributed by atoms with Gasteiger partial charge in [0.25, 0.3) is 0 Å². The van der Waals surface area contributed by atoms with Crippen molar-refractivity contribution in [1.29, 1.82) is 0 Å². The first-order chi connectivity index (χ1) is 8.54. The first-order valence-corrected chi connectivity index (χ1v) is 6.52. The van der Waals surface area contributed by atoms with E-state index in [4.69, 9.17) is 11.6 Å². The van der Waals surface area contributed by atoms with Crippen LogP contribution in [0.1, 0.15) is 0 Å². The van der Waals surface area contributed by atoms with Gasteiger partial charge in [0.05, 0.1) is 0 Å². The van der Waals surface area contributed by atoms with Gasteiger partial charge in [-0.15, -0.1) is 6.58 Å². The molecule has 0 saturated heterocycles. The van der Waals surface area contributed by atoms with Crippen LogP contribution < -0.4 is 0 Å². The van der Waals surface area contributed by atoms with Crippen LogP contribution in [0.4, 0.5) is 4.39 Å². The van der Waals surface area contributed by atoms with Gasteiger partial charge in [-0.1, -0.05) is 28.8 Å². The highest BCUT2D eigenvalue weighted by atomic mass is 35.5. The molecular formula is C12H10ClFNO2S-. The van der Waals surface area contributed by atoms with Crippen molar-refractivity contribution in [3.63, 3.8) is 0 Å². The molecular weight excluding hydrogens is 277 g/mol. The number of benzene rings is 1. The smallest absolute Gasteiger partial charge is 0.134 e. The lowest BCUT2D eigenvalue weighted by atomic mass is 10.2. The summed E-state index contributed by atoms with van der Waals surface area (Å²) in [6.07, 6.45) is 4.43. The number of aromatic nitrogens is 1. The molecule has 0 radical (unpaired) electrons. The molecule has 0 fully saturated rings. The molecule has 1 atom stereocenters. The number of halogens is 2. The van der Waals surface area contributed by atoms with E-state index >= 15 is 0 Å². The van der Waals surface area contributed by atoms with Crippen molar-refractivity contribution < 1.29 is 13.2 Å². The molecule has 0 aliphatic rings. The normalized spacial score (nSPS) is 11.5. The van der Waals surface area contributed by atoms with Crippen LogP contribution in [-0.2, 0) is 11.1 Å². The van der Waals surface area contributed by atoms with Gasteiger partial charge < -0.3 is 4.55 Å². The van der Waals surface area contributed by atoms with Gasteiger partial charge in [0.15, 0.2) is 0 Å². The summed E-state index contributed by atoms with van der Waals surface area (Å²) in [4.78, 5) is 3.82. The Morgan fingerprint density at radius 1 is 1.56 bits per heavy atom. The SMILES string of the molecule is C=CCS(=O)[O-].Fc1cc(Cl)cc2ccncc12. The summed E-state index contributed by atoms with van der Waals surface area (Å²) in [5.74, 6) is -0.273. The lowest BCUT2D eigenvalue weighted by Crippen LogP contribution is -1.87. The van der Waals surface area contributed by atoms with E-state index in [-0.39, 0.29) is 11.6 Å². The lowest BCUT2D eigenvalue weighted by molar-refractivity contribution is 0.540. The zero-order valence-corrected chi connectivity index (χ0v) is 10.9. The van der Waals surface area contributed by atoms with Gasteiger partial charge in [-0.2, -0.15) is 0 Å². The quantitative estimate of drug-likeness (QED) is 0.630. The van der Waals surface area contributed by atoms with Crippen molar-refractivity contribution in [1.82, 2.24) is 4.98 Å². The minimum absolute atomic E-state index is 0.0556. The molecule has 1 aromatic carbocycles. The van der Waals surface area contributed by atoms with Crippen LogP contribution >= 0.6 is 11.6 Å². The summed E-state index contributed by atoms with van der Waals surface area (Å²) in [5, 5.41) is 1.68. The van der Waals surface area contributed by atoms with Crippen molar-refractivity contribution in [2.45, 2.75) is 0 Å². The first kappa shape index (κ1) is 14.8. The first-order valence-electron chi connectivity index (χ1n) is 4.90. The molecule has 96 valence electrons. The Hall–Kier alpha value is -1.30. The zero-order valence-electron chi connectivity index (χ0n) is 9.31. The second-order valence-electron chi connectivity index (χ2n) is 3.24. The molecule has 2 rings (SSSR count). The van der Waals surface area contributed by atoms with E-state index in [1.165, 1.54) is 18.3 Å². The molecule has 0 aliphatic carbocycles. The van der Waals surface area contributed by atoms with Gasteiger partial charge in [0.1, 0.15) is 5.82 Å². The zero-order chi connectivity index (χ0) is 13.5. The Labute approximate surface area is 112 Å². The summed E-state index contributed by atoms with van der Waals surface area (Å²) >= 11 is 3.73. The Kier molecular flexibility index (Phi) is 5.91. The van der Waals surface area contributed by atoms with Crippen molar-refractivity contribution in [3.8, 4) is 0 Å². The third kappa shape index (κ3) is 4.52. The largest absolute Gasteiger partial charge is 0.772 e. The summed E-state index contributed by atoms with van der Waals surface area (Å²) in [7, 11) is 0. The number of hydrogen-bond donors (Lipinski definition) is 0. The molecule has 18 heavy (non-hydrogen) atoms. The minimum Gasteiger partial charge on any atom is -0.772 e. The molecule has 0 aliphatic heterocycles. The predicted octanol–water partition coefficient (Wildman–Crippen LogP) is 3.08. The van der Waals surface area contributed by atoms with E-state index in [0.29, 0.717) is 10.4 Å². The third-order valence-corrected chi connectivity index (χ3v) is 2.65. The number of fused-ring (bicyclic) bond motifs is 1. The molecule has 0 amide bonds. The number of nitrogens with zero attached hydrogens (tertiary/aromatic N) is 1. The Bertz CT molecular complexity index is 577. The van der Waals surface area contributed by atoms with Crippen LogP contribution in [0.15, 0.2) is 43.2 Å². The molecule has 1 heterocycles. The van der Waals surface area contributed by atoms with E-state index in [2.05, 4.69) is 11.6 Å². The van der Waals surface area contributed by atoms with Crippen LogP contribution in [-0.4, -0.2) is 19.5 Å². The van der Waals surface area contributed by atoms with Crippen LogP contribution in [0.3, 0.4) is 0 Å². The average Bonchev–Trinajstić information content (AvgIpc) is 2.29. The van der Waals surface area contributed by atoms with Gasteiger partial charge in [-0.3, -0.25) is 9.19 Å². The van der Waals surface area contributed by atoms with E-state index in [0.717, 1.165) is 5.39 Å². The maximum atomic E-state index is 13.1. The maximum absolute atomic E-state index is 13.1. The molecule has 0 saturated carbocycles. The van der Waals surface area contributed by atoms with Crippen molar-refractivity contribution >= 4 is 33.5 Å². The van der Waals surface area contributed by atoms with Crippen LogP contribution in [0.25, 0.3) is 10.8 Å². The lowest BCUT2D eigenvalue weighted by Gasteiger charge is -1.98. The van der Waals surface area contributed by atoms with Crippen molar-refractivity contribution in [2.24, 2.45) is 0 Å². The van der Waals surface area contributed by atoms with Crippen LogP contribution in [0.2, 0.25) is 5.02 Å². The van der Waals surface area contributed by atoms with Gasteiger partial charge in [-0.25, -0.2) is 4.39 Å². The Morgan fingerprint density at radius 2 is 2.28 bits per heavy atom. The molecule has 0 bridgehead atoms. The van der Waals surface area contributed by atoms with Crippen molar-refractivity contribution in [3.05, 3.63) is 54.1 Å². The minimum atomic E-state index is -1.93. The molecule has 6 heteroatoms.